The third-order valence-electron chi connectivity index (χ3n) is 3.76. The first kappa shape index (κ1) is 21.7. The number of aliphatic hydroxyl groups is 1. The zero-order valence-corrected chi connectivity index (χ0v) is 16.1. The van der Waals surface area contributed by atoms with E-state index in [-0.39, 0.29) is 13.2 Å². The molecule has 1 saturated heterocycles. The summed E-state index contributed by atoms with van der Waals surface area (Å²) < 4.78 is 32.5. The number of nitrogens with one attached hydrogen (secondary N) is 1. The molecule has 1 aliphatic heterocycles. The van der Waals surface area contributed by atoms with Crippen molar-refractivity contribution in [3.05, 3.63) is 33.1 Å². The second kappa shape index (κ2) is 9.05. The Morgan fingerprint density at radius 2 is 2.19 bits per heavy atom. The second-order valence-corrected chi connectivity index (χ2v) is 7.52. The van der Waals surface area contributed by atoms with Crippen LogP contribution < -0.4 is 11.2 Å². The van der Waals surface area contributed by atoms with Crippen LogP contribution in [0.25, 0.3) is 0 Å². The fourth-order valence-corrected chi connectivity index (χ4v) is 3.29. The fraction of sp³-hybridized carbons (Fsp3) is 0.643. The van der Waals surface area contributed by atoms with Gasteiger partial charge in [0, 0.05) is 16.8 Å². The Balaban J connectivity index is 1.99. The second-order valence-electron chi connectivity index (χ2n) is 5.74. The molecule has 0 amide bonds. The Bertz CT molecular complexity index is 808. The summed E-state index contributed by atoms with van der Waals surface area (Å²) in [4.78, 5) is 34.9. The maximum atomic E-state index is 11.9. The van der Waals surface area contributed by atoms with Crippen molar-refractivity contribution in [1.29, 1.82) is 0 Å². The predicted molar refractivity (Wildman–Crippen MR) is 91.6 cm³/mol. The number of hydrogen-bond donors (Lipinski definition) is 2. The molecule has 2 heterocycles. The van der Waals surface area contributed by atoms with E-state index in [1.807, 2.05) is 0 Å². The van der Waals surface area contributed by atoms with Gasteiger partial charge in [0.25, 0.3) is 5.56 Å². The molecule has 0 radical (unpaired) electrons. The molecule has 13 heteroatoms. The van der Waals surface area contributed by atoms with Gasteiger partial charge in [-0.25, -0.2) is 9.59 Å². The number of alkyl halides is 1. The van der Waals surface area contributed by atoms with Crippen LogP contribution in [0, 0.1) is 0 Å². The van der Waals surface area contributed by atoms with Gasteiger partial charge in [0.15, 0.2) is 6.23 Å². The van der Waals surface area contributed by atoms with Crippen LogP contribution in [0.3, 0.4) is 0 Å². The van der Waals surface area contributed by atoms with E-state index >= 15 is 0 Å². The average molecular weight is 426 g/mol. The molecule has 0 saturated carbocycles. The molecule has 1 fully saturated rings. The lowest BCUT2D eigenvalue weighted by molar-refractivity contribution is -0.145. The molecular formula is C14H19ClN2O9P+. The van der Waals surface area contributed by atoms with E-state index < -0.39 is 55.4 Å². The van der Waals surface area contributed by atoms with Crippen LogP contribution in [-0.4, -0.2) is 57.5 Å². The number of H-pyrrole nitrogens is 1. The normalized spacial score (nSPS) is 28.1. The van der Waals surface area contributed by atoms with Gasteiger partial charge in [-0.05, 0) is 13.8 Å². The van der Waals surface area contributed by atoms with E-state index in [4.69, 9.17) is 25.4 Å². The molecule has 1 aromatic heterocycles. The molecule has 2 rings (SSSR count). The topological polar surface area (TPSA) is 146 Å². The van der Waals surface area contributed by atoms with Crippen molar-refractivity contribution in [2.24, 2.45) is 0 Å². The number of carbonyl (C=O) groups excluding carboxylic acids is 1. The van der Waals surface area contributed by atoms with Gasteiger partial charge in [-0.1, -0.05) is 0 Å². The highest BCUT2D eigenvalue weighted by Gasteiger charge is 2.54. The van der Waals surface area contributed by atoms with Crippen molar-refractivity contribution in [3.63, 3.8) is 0 Å². The van der Waals surface area contributed by atoms with Crippen LogP contribution in [0.2, 0.25) is 0 Å². The summed E-state index contributed by atoms with van der Waals surface area (Å²) in [5.41, 5.74) is -1.36. The van der Waals surface area contributed by atoms with Crippen molar-refractivity contribution in [3.8, 4) is 0 Å². The summed E-state index contributed by atoms with van der Waals surface area (Å²) in [6.07, 6.45) is -2.27. The molecule has 5 unspecified atom stereocenters. The Morgan fingerprint density at radius 1 is 1.48 bits per heavy atom. The number of aromatic nitrogens is 2. The van der Waals surface area contributed by atoms with Crippen LogP contribution in [0.1, 0.15) is 20.1 Å². The van der Waals surface area contributed by atoms with E-state index in [1.165, 1.54) is 13.1 Å². The van der Waals surface area contributed by atoms with Crippen molar-refractivity contribution < 1.29 is 33.0 Å². The summed E-state index contributed by atoms with van der Waals surface area (Å²) >= 11 is 6.33. The lowest BCUT2D eigenvalue weighted by Gasteiger charge is -2.26. The number of rotatable bonds is 8. The van der Waals surface area contributed by atoms with Crippen molar-refractivity contribution in [1.82, 2.24) is 9.55 Å². The average Bonchev–Trinajstić information content (AvgIpc) is 2.82. The molecule has 1 aliphatic rings. The smallest absolute Gasteiger partial charge is 0.464 e. The zero-order chi connectivity index (χ0) is 20.2. The highest BCUT2D eigenvalue weighted by Crippen LogP contribution is 2.43. The minimum Gasteiger partial charge on any atom is -0.464 e. The SMILES string of the molecule is CCOC(=O)CO[P+](=O)OCC1OC(n2ccc(=O)[nH]c2=O)C(C)(Cl)C1O. The summed E-state index contributed by atoms with van der Waals surface area (Å²) in [6, 6.07) is 1.11. The largest absolute Gasteiger partial charge is 0.698 e. The van der Waals surface area contributed by atoms with E-state index in [0.717, 1.165) is 10.6 Å². The molecule has 5 atom stereocenters. The van der Waals surface area contributed by atoms with Gasteiger partial charge in [0.2, 0.25) is 6.61 Å². The molecule has 150 valence electrons. The van der Waals surface area contributed by atoms with Gasteiger partial charge in [-0.15, -0.1) is 20.6 Å². The first-order valence-corrected chi connectivity index (χ1v) is 9.36. The molecule has 0 spiro atoms. The first-order valence-electron chi connectivity index (χ1n) is 7.89. The maximum absolute atomic E-state index is 11.9. The fourth-order valence-electron chi connectivity index (χ4n) is 2.44. The first-order chi connectivity index (χ1) is 12.7. The number of hydrogen-bond acceptors (Lipinski definition) is 9. The van der Waals surface area contributed by atoms with Gasteiger partial charge in [-0.2, -0.15) is 0 Å². The molecule has 11 nitrogen and oxygen atoms in total. The van der Waals surface area contributed by atoms with Crippen LogP contribution in [-0.2, 0) is 27.9 Å². The number of nitrogens with zero attached hydrogens (tertiary/aromatic N) is 1. The Labute approximate surface area is 159 Å². The van der Waals surface area contributed by atoms with Crippen LogP contribution in [0.5, 0.6) is 0 Å². The predicted octanol–water partition coefficient (Wildman–Crippen LogP) is 0.0461. The minimum absolute atomic E-state index is 0.155. The highest BCUT2D eigenvalue weighted by atomic mass is 35.5. The maximum Gasteiger partial charge on any atom is 0.698 e. The van der Waals surface area contributed by atoms with E-state index in [9.17, 15) is 24.1 Å². The number of aromatic amines is 1. The molecule has 0 bridgehead atoms. The Kier molecular flexibility index (Phi) is 7.26. The number of ether oxygens (including phenoxy) is 2. The van der Waals surface area contributed by atoms with Crippen molar-refractivity contribution in [2.45, 2.75) is 37.2 Å². The standard InChI is InChI=1S/C14H18ClN2O9P/c1-3-23-10(19)7-25-27(22)24-6-8-11(20)14(2,15)12(26-8)17-5-4-9(18)16-13(17)21/h4-5,8,11-12,20H,3,6-7H2,1-2H3/p+1. The number of aliphatic hydroxyl groups excluding tert-OH is 1. The number of esters is 1. The van der Waals surface area contributed by atoms with Crippen LogP contribution in [0.4, 0.5) is 0 Å². The molecule has 0 aromatic carbocycles. The van der Waals surface area contributed by atoms with Crippen molar-refractivity contribution in [2.75, 3.05) is 19.8 Å². The third kappa shape index (κ3) is 5.22. The van der Waals surface area contributed by atoms with Gasteiger partial charge in [0.05, 0.1) is 6.61 Å². The molecular weight excluding hydrogens is 407 g/mol. The zero-order valence-electron chi connectivity index (χ0n) is 14.5. The number of carbonyl (C=O) groups is 1. The van der Waals surface area contributed by atoms with E-state index in [1.54, 1.807) is 6.92 Å². The summed E-state index contributed by atoms with van der Waals surface area (Å²) in [5.74, 6) is -0.701. The molecule has 0 aliphatic carbocycles. The summed E-state index contributed by atoms with van der Waals surface area (Å²) in [5, 5.41) is 10.4. The van der Waals surface area contributed by atoms with E-state index in [2.05, 4.69) is 9.72 Å². The van der Waals surface area contributed by atoms with Crippen molar-refractivity contribution >= 4 is 25.8 Å². The summed E-state index contributed by atoms with van der Waals surface area (Å²) in [7, 11) is -2.67. The van der Waals surface area contributed by atoms with Gasteiger partial charge >= 0.3 is 19.9 Å². The van der Waals surface area contributed by atoms with Crippen LogP contribution >= 0.6 is 19.9 Å². The van der Waals surface area contributed by atoms with Crippen LogP contribution in [0.15, 0.2) is 21.9 Å². The number of halogens is 1. The minimum atomic E-state index is -2.67. The lowest BCUT2D eigenvalue weighted by Crippen LogP contribution is -2.42. The monoisotopic (exact) mass is 425 g/mol. The quantitative estimate of drug-likeness (QED) is 0.335. The van der Waals surface area contributed by atoms with E-state index in [0.29, 0.717) is 0 Å². The molecule has 27 heavy (non-hydrogen) atoms. The molecule has 1 aromatic rings. The lowest BCUT2D eigenvalue weighted by atomic mass is 10.0. The highest BCUT2D eigenvalue weighted by molar-refractivity contribution is 7.33. The third-order valence-corrected chi connectivity index (χ3v) is 4.87. The van der Waals surface area contributed by atoms with Gasteiger partial charge < -0.3 is 14.6 Å². The Hall–Kier alpha value is -1.62. The van der Waals surface area contributed by atoms with Gasteiger partial charge in [-0.3, -0.25) is 14.3 Å². The molecule has 2 N–H and O–H groups in total. The van der Waals surface area contributed by atoms with Gasteiger partial charge in [0.1, 0.15) is 23.7 Å². The Morgan fingerprint density at radius 3 is 2.81 bits per heavy atom. The summed E-state index contributed by atoms with van der Waals surface area (Å²) in [6.45, 7) is 2.27.